The standard InChI is InChI=1S/C17H12ClFN2O4/c18-12-7-10(3-6-13(12)19)20-14-8-15(22)21(16(14)23)11-4-1-9(2-5-11)17(24)25/h1-7,14,20H,8H2,(H,24,25). The second kappa shape index (κ2) is 6.52. The zero-order valence-corrected chi connectivity index (χ0v) is 13.5. The van der Waals surface area contributed by atoms with Crippen molar-refractivity contribution in [3.05, 3.63) is 58.9 Å². The number of rotatable bonds is 4. The Hall–Kier alpha value is -2.93. The Morgan fingerprint density at radius 3 is 2.48 bits per heavy atom. The van der Waals surface area contributed by atoms with E-state index in [-0.39, 0.29) is 17.0 Å². The molecule has 2 amide bonds. The summed E-state index contributed by atoms with van der Waals surface area (Å²) in [6.45, 7) is 0. The van der Waals surface area contributed by atoms with Crippen molar-refractivity contribution < 1.29 is 23.9 Å². The van der Waals surface area contributed by atoms with E-state index in [1.54, 1.807) is 0 Å². The molecule has 1 fully saturated rings. The number of anilines is 2. The van der Waals surface area contributed by atoms with Crippen molar-refractivity contribution in [3.8, 4) is 0 Å². The number of amides is 2. The van der Waals surface area contributed by atoms with Gasteiger partial charge in [0.25, 0.3) is 5.91 Å². The molecule has 0 spiro atoms. The number of imide groups is 1. The fourth-order valence-electron chi connectivity index (χ4n) is 2.56. The second-order valence-corrected chi connectivity index (χ2v) is 5.86. The van der Waals surface area contributed by atoms with Crippen LogP contribution < -0.4 is 10.2 Å². The van der Waals surface area contributed by atoms with Gasteiger partial charge < -0.3 is 10.4 Å². The van der Waals surface area contributed by atoms with Crippen LogP contribution >= 0.6 is 11.6 Å². The van der Waals surface area contributed by atoms with Crippen LogP contribution in [0.5, 0.6) is 0 Å². The average molecular weight is 363 g/mol. The van der Waals surface area contributed by atoms with Gasteiger partial charge in [-0.15, -0.1) is 0 Å². The maximum Gasteiger partial charge on any atom is 0.335 e. The number of halogens is 2. The summed E-state index contributed by atoms with van der Waals surface area (Å²) in [5, 5.41) is 11.7. The van der Waals surface area contributed by atoms with Crippen LogP contribution in [0.4, 0.5) is 15.8 Å². The summed E-state index contributed by atoms with van der Waals surface area (Å²) in [4.78, 5) is 36.6. The molecule has 1 aliphatic heterocycles. The van der Waals surface area contributed by atoms with Gasteiger partial charge in [-0.1, -0.05) is 11.6 Å². The first-order valence-electron chi connectivity index (χ1n) is 7.28. The lowest BCUT2D eigenvalue weighted by Crippen LogP contribution is -2.34. The molecular formula is C17H12ClFN2O4. The second-order valence-electron chi connectivity index (χ2n) is 5.45. The highest BCUT2D eigenvalue weighted by atomic mass is 35.5. The Morgan fingerprint density at radius 1 is 1.20 bits per heavy atom. The fraction of sp³-hybridized carbons (Fsp3) is 0.118. The summed E-state index contributed by atoms with van der Waals surface area (Å²) in [6, 6.07) is 8.54. The van der Waals surface area contributed by atoms with E-state index in [9.17, 15) is 18.8 Å². The van der Waals surface area contributed by atoms with E-state index in [2.05, 4.69) is 5.32 Å². The Morgan fingerprint density at radius 2 is 1.88 bits per heavy atom. The van der Waals surface area contributed by atoms with Crippen LogP contribution in [0, 0.1) is 5.82 Å². The first-order chi connectivity index (χ1) is 11.9. The maximum absolute atomic E-state index is 13.2. The lowest BCUT2D eigenvalue weighted by molar-refractivity contribution is -0.121. The third-order valence-corrected chi connectivity index (χ3v) is 4.07. The first-order valence-corrected chi connectivity index (χ1v) is 7.66. The highest BCUT2D eigenvalue weighted by Crippen LogP contribution is 2.26. The van der Waals surface area contributed by atoms with Gasteiger partial charge in [-0.3, -0.25) is 9.59 Å². The SMILES string of the molecule is O=C(O)c1ccc(N2C(=O)CC(Nc3ccc(F)c(Cl)c3)C2=O)cc1. The number of carboxylic acids is 1. The van der Waals surface area contributed by atoms with Crippen molar-refractivity contribution in [2.45, 2.75) is 12.5 Å². The molecule has 2 N–H and O–H groups in total. The summed E-state index contributed by atoms with van der Waals surface area (Å²) < 4.78 is 13.2. The van der Waals surface area contributed by atoms with Gasteiger partial charge in [0.1, 0.15) is 11.9 Å². The van der Waals surface area contributed by atoms with Crippen LogP contribution in [0.3, 0.4) is 0 Å². The normalized spacial score (nSPS) is 17.0. The van der Waals surface area contributed by atoms with Gasteiger partial charge in [0.15, 0.2) is 0 Å². The third kappa shape index (κ3) is 3.32. The number of nitrogens with one attached hydrogen (secondary N) is 1. The molecule has 2 aromatic carbocycles. The quantitative estimate of drug-likeness (QED) is 0.817. The summed E-state index contributed by atoms with van der Waals surface area (Å²) >= 11 is 5.70. The van der Waals surface area contributed by atoms with Crippen molar-refractivity contribution >= 4 is 40.8 Å². The van der Waals surface area contributed by atoms with Crippen molar-refractivity contribution in [2.75, 3.05) is 10.2 Å². The molecule has 6 nitrogen and oxygen atoms in total. The van der Waals surface area contributed by atoms with Crippen LogP contribution in [-0.4, -0.2) is 28.9 Å². The van der Waals surface area contributed by atoms with Gasteiger partial charge in [-0.2, -0.15) is 0 Å². The van der Waals surface area contributed by atoms with Gasteiger partial charge >= 0.3 is 5.97 Å². The molecule has 1 unspecified atom stereocenters. The third-order valence-electron chi connectivity index (χ3n) is 3.78. The zero-order valence-electron chi connectivity index (χ0n) is 12.7. The molecule has 25 heavy (non-hydrogen) atoms. The smallest absolute Gasteiger partial charge is 0.335 e. The molecule has 0 radical (unpaired) electrons. The molecule has 1 aliphatic rings. The van der Waals surface area contributed by atoms with Crippen molar-refractivity contribution in [1.29, 1.82) is 0 Å². The minimum absolute atomic E-state index is 0.0541. The average Bonchev–Trinajstić information content (AvgIpc) is 2.85. The number of benzene rings is 2. The molecule has 0 aromatic heterocycles. The highest BCUT2D eigenvalue weighted by Gasteiger charge is 2.39. The molecule has 2 aromatic rings. The van der Waals surface area contributed by atoms with Crippen LogP contribution in [-0.2, 0) is 9.59 Å². The number of hydrogen-bond donors (Lipinski definition) is 2. The number of nitrogens with zero attached hydrogens (tertiary/aromatic N) is 1. The molecule has 3 rings (SSSR count). The maximum atomic E-state index is 13.2. The van der Waals surface area contributed by atoms with Crippen molar-refractivity contribution in [3.63, 3.8) is 0 Å². The van der Waals surface area contributed by atoms with E-state index in [0.717, 1.165) is 11.0 Å². The molecule has 0 aliphatic carbocycles. The van der Waals surface area contributed by atoms with Crippen LogP contribution in [0.15, 0.2) is 42.5 Å². The van der Waals surface area contributed by atoms with Crippen LogP contribution in [0.25, 0.3) is 0 Å². The van der Waals surface area contributed by atoms with E-state index >= 15 is 0 Å². The Balaban J connectivity index is 1.79. The van der Waals surface area contributed by atoms with Crippen molar-refractivity contribution in [1.82, 2.24) is 0 Å². The molecule has 128 valence electrons. The number of carbonyl (C=O) groups is 3. The van der Waals surface area contributed by atoms with E-state index in [1.807, 2.05) is 0 Å². The van der Waals surface area contributed by atoms with Gasteiger partial charge in [0, 0.05) is 5.69 Å². The highest BCUT2D eigenvalue weighted by molar-refractivity contribution is 6.31. The van der Waals surface area contributed by atoms with Crippen LogP contribution in [0.2, 0.25) is 5.02 Å². The predicted molar refractivity (Wildman–Crippen MR) is 89.3 cm³/mol. The van der Waals surface area contributed by atoms with Gasteiger partial charge in [-0.25, -0.2) is 14.1 Å². The topological polar surface area (TPSA) is 86.7 Å². The minimum Gasteiger partial charge on any atom is -0.478 e. The molecular weight excluding hydrogens is 351 g/mol. The first kappa shape index (κ1) is 16.9. The van der Waals surface area contributed by atoms with Gasteiger partial charge in [0.05, 0.1) is 22.7 Å². The van der Waals surface area contributed by atoms with Gasteiger partial charge in [-0.05, 0) is 42.5 Å². The zero-order chi connectivity index (χ0) is 18.1. The summed E-state index contributed by atoms with van der Waals surface area (Å²) in [7, 11) is 0. The molecule has 1 heterocycles. The number of aromatic carboxylic acids is 1. The molecule has 1 atom stereocenters. The van der Waals surface area contributed by atoms with Gasteiger partial charge in [0.2, 0.25) is 5.91 Å². The van der Waals surface area contributed by atoms with Crippen molar-refractivity contribution in [2.24, 2.45) is 0 Å². The Labute approximate surface area is 146 Å². The number of hydrogen-bond acceptors (Lipinski definition) is 4. The summed E-state index contributed by atoms with van der Waals surface area (Å²) in [6.07, 6.45) is -0.0749. The van der Waals surface area contributed by atoms with E-state index in [4.69, 9.17) is 16.7 Å². The fourth-order valence-corrected chi connectivity index (χ4v) is 2.74. The molecule has 0 bridgehead atoms. The lowest BCUT2D eigenvalue weighted by Gasteiger charge is -2.16. The largest absolute Gasteiger partial charge is 0.478 e. The minimum atomic E-state index is -1.10. The predicted octanol–water partition coefficient (Wildman–Crippen LogP) is 2.92. The molecule has 8 heteroatoms. The summed E-state index contributed by atoms with van der Waals surface area (Å²) in [5.74, 6) is -2.58. The Kier molecular flexibility index (Phi) is 4.41. The molecule has 1 saturated heterocycles. The molecule has 0 saturated carbocycles. The summed E-state index contributed by atoms with van der Waals surface area (Å²) in [5.41, 5.74) is 0.764. The van der Waals surface area contributed by atoms with E-state index < -0.39 is 29.6 Å². The number of carboxylic acid groups (broad SMARTS) is 1. The van der Waals surface area contributed by atoms with Crippen LogP contribution in [0.1, 0.15) is 16.8 Å². The van der Waals surface area contributed by atoms with E-state index in [1.165, 1.54) is 36.4 Å². The van der Waals surface area contributed by atoms with E-state index in [0.29, 0.717) is 11.4 Å². The Bertz CT molecular complexity index is 869. The monoisotopic (exact) mass is 362 g/mol. The lowest BCUT2D eigenvalue weighted by atomic mass is 10.2. The number of carbonyl (C=O) groups excluding carboxylic acids is 2.